The number of aromatic carboxylic acids is 1. The summed E-state index contributed by atoms with van der Waals surface area (Å²) in [6, 6.07) is 9.13. The summed E-state index contributed by atoms with van der Waals surface area (Å²) in [6.45, 7) is 0. The molecule has 2 bridgehead atoms. The lowest BCUT2D eigenvalue weighted by atomic mass is 9.87. The van der Waals surface area contributed by atoms with Crippen LogP contribution in [0.3, 0.4) is 0 Å². The molecule has 1 saturated carbocycles. The van der Waals surface area contributed by atoms with Crippen molar-refractivity contribution in [2.45, 2.75) is 22.9 Å². The van der Waals surface area contributed by atoms with E-state index >= 15 is 4.39 Å². The monoisotopic (exact) mass is 662 g/mol. The number of amides is 2. The predicted octanol–water partition coefficient (Wildman–Crippen LogP) is 5.06. The van der Waals surface area contributed by atoms with Crippen LogP contribution in [0.15, 0.2) is 71.6 Å². The molecule has 3 aromatic rings. The van der Waals surface area contributed by atoms with Gasteiger partial charge in [-0.2, -0.15) is 13.2 Å². The summed E-state index contributed by atoms with van der Waals surface area (Å²) in [5.74, 6) is -5.02. The summed E-state index contributed by atoms with van der Waals surface area (Å²) in [6.07, 6.45) is 4.12. The van der Waals surface area contributed by atoms with Crippen LogP contribution in [0.4, 0.5) is 23.2 Å². The average Bonchev–Trinajstić information content (AvgIpc) is 3.62. The van der Waals surface area contributed by atoms with E-state index in [1.54, 1.807) is 6.08 Å². The molecule has 46 heavy (non-hydrogen) atoms. The maximum atomic E-state index is 15.2. The van der Waals surface area contributed by atoms with Gasteiger partial charge in [0.25, 0.3) is 15.7 Å². The predicted molar refractivity (Wildman–Crippen MR) is 156 cm³/mol. The first-order chi connectivity index (χ1) is 21.7. The number of alkyl halides is 3. The number of hydrogen-bond donors (Lipinski definition) is 3. The van der Waals surface area contributed by atoms with Gasteiger partial charge in [0.1, 0.15) is 22.9 Å². The molecule has 10 nitrogen and oxygen atoms in total. The van der Waals surface area contributed by atoms with E-state index in [4.69, 9.17) is 9.47 Å². The van der Waals surface area contributed by atoms with Gasteiger partial charge in [0.15, 0.2) is 0 Å². The lowest BCUT2D eigenvalue weighted by Crippen LogP contribution is -2.47. The van der Waals surface area contributed by atoms with Crippen LogP contribution in [0, 0.1) is 23.6 Å². The van der Waals surface area contributed by atoms with Crippen LogP contribution < -0.4 is 20.1 Å². The van der Waals surface area contributed by atoms with E-state index in [2.05, 4.69) is 10.6 Å². The second kappa shape index (κ2) is 12.1. The number of carbonyl (C=O) groups is 3. The van der Waals surface area contributed by atoms with Gasteiger partial charge in [-0.25, -0.2) is 17.6 Å². The van der Waals surface area contributed by atoms with Gasteiger partial charge in [0.05, 0.1) is 30.6 Å². The van der Waals surface area contributed by atoms with Crippen molar-refractivity contribution < 1.29 is 54.9 Å². The highest BCUT2D eigenvalue weighted by Crippen LogP contribution is 2.45. The molecular weight excluding hydrogens is 636 g/mol. The molecule has 2 aliphatic rings. The molecule has 4 unspecified atom stereocenters. The molecule has 1 fully saturated rings. The Balaban J connectivity index is 1.42. The fourth-order valence-electron chi connectivity index (χ4n) is 5.86. The third kappa shape index (κ3) is 5.89. The molecule has 4 atom stereocenters. The van der Waals surface area contributed by atoms with Crippen molar-refractivity contribution in [3.05, 3.63) is 83.7 Å². The van der Waals surface area contributed by atoms with E-state index in [0.717, 1.165) is 18.2 Å². The van der Waals surface area contributed by atoms with Crippen LogP contribution >= 0.6 is 0 Å². The second-order valence-electron chi connectivity index (χ2n) is 10.7. The van der Waals surface area contributed by atoms with Gasteiger partial charge in [0, 0.05) is 23.4 Å². The minimum atomic E-state index is -5.65. The molecular formula is C31H26F4N2O8S. The number of ether oxygens (including phenoxy) is 2. The molecule has 0 aromatic heterocycles. The zero-order valence-electron chi connectivity index (χ0n) is 24.1. The van der Waals surface area contributed by atoms with Crippen molar-refractivity contribution in [1.29, 1.82) is 0 Å². The lowest BCUT2D eigenvalue weighted by molar-refractivity contribution is -0.121. The molecule has 0 heterocycles. The number of benzene rings is 3. The van der Waals surface area contributed by atoms with E-state index in [1.807, 2.05) is 6.08 Å². The molecule has 2 aliphatic carbocycles. The Morgan fingerprint density at radius 1 is 0.913 bits per heavy atom. The molecule has 3 N–H and O–H groups in total. The number of anilines is 1. The number of nitrogens with one attached hydrogen (secondary N) is 2. The molecule has 2 amide bonds. The van der Waals surface area contributed by atoms with E-state index in [9.17, 15) is 41.1 Å². The Bertz CT molecular complexity index is 1880. The highest BCUT2D eigenvalue weighted by molar-refractivity contribution is 7.92. The second-order valence-corrected chi connectivity index (χ2v) is 12.6. The molecule has 0 saturated heterocycles. The highest BCUT2D eigenvalue weighted by atomic mass is 32.2. The van der Waals surface area contributed by atoms with Gasteiger partial charge in [-0.1, -0.05) is 24.3 Å². The first-order valence-corrected chi connectivity index (χ1v) is 15.1. The van der Waals surface area contributed by atoms with Gasteiger partial charge >= 0.3 is 11.5 Å². The smallest absolute Gasteiger partial charge is 0.496 e. The van der Waals surface area contributed by atoms with Gasteiger partial charge in [-0.05, 0) is 60.2 Å². The van der Waals surface area contributed by atoms with Crippen LogP contribution in [-0.2, 0) is 14.6 Å². The minimum absolute atomic E-state index is 0.0321. The standard InChI is InChI=1S/C31H26F4N2O8S/c1-44-24-11-15(8-9-20(24)30(40)41)21-13-22(25(45-2)14-23(21)32)28(38)37-27-17-7-6-16(10-17)26(27)29(39)36-18-4-3-5-19(12-18)46(42,43)31(33,34)35/h3-9,11-14,16-17,26-27H,10H2,1-2H3,(H,36,39)(H,37,38)(H,40,41). The molecule has 0 radical (unpaired) electrons. The number of methoxy groups -OCH3 is 2. The highest BCUT2D eigenvalue weighted by Gasteiger charge is 2.49. The number of carboxylic acids is 1. The van der Waals surface area contributed by atoms with Crippen molar-refractivity contribution in [1.82, 2.24) is 5.32 Å². The molecule has 3 aromatic carbocycles. The summed E-state index contributed by atoms with van der Waals surface area (Å²) in [5, 5.41) is 14.7. The van der Waals surface area contributed by atoms with Gasteiger partial charge in [0.2, 0.25) is 5.91 Å². The lowest BCUT2D eigenvalue weighted by Gasteiger charge is -2.28. The van der Waals surface area contributed by atoms with Crippen LogP contribution in [0.5, 0.6) is 11.5 Å². The average molecular weight is 663 g/mol. The Labute approximate surface area is 259 Å². The number of carbonyl (C=O) groups excluding carboxylic acids is 2. The Morgan fingerprint density at radius 2 is 1.59 bits per heavy atom. The number of hydrogen-bond acceptors (Lipinski definition) is 7. The van der Waals surface area contributed by atoms with Crippen molar-refractivity contribution in [2.24, 2.45) is 17.8 Å². The minimum Gasteiger partial charge on any atom is -0.496 e. The fourth-order valence-corrected chi connectivity index (χ4v) is 6.67. The van der Waals surface area contributed by atoms with Crippen molar-refractivity contribution in [3.8, 4) is 22.6 Å². The quantitative estimate of drug-likeness (QED) is 0.213. The number of rotatable bonds is 9. The Kier molecular flexibility index (Phi) is 8.55. The number of halogens is 4. The summed E-state index contributed by atoms with van der Waals surface area (Å²) >= 11 is 0. The maximum Gasteiger partial charge on any atom is 0.501 e. The number of fused-ring (bicyclic) bond motifs is 2. The summed E-state index contributed by atoms with van der Waals surface area (Å²) in [7, 11) is -3.16. The van der Waals surface area contributed by atoms with Crippen LogP contribution in [0.25, 0.3) is 11.1 Å². The molecule has 0 spiro atoms. The zero-order chi connectivity index (χ0) is 33.6. The van der Waals surface area contributed by atoms with Crippen LogP contribution in [-0.4, -0.2) is 57.1 Å². The number of carboxylic acid groups (broad SMARTS) is 1. The topological polar surface area (TPSA) is 148 Å². The molecule has 0 aliphatic heterocycles. The van der Waals surface area contributed by atoms with Gasteiger partial charge < -0.3 is 25.2 Å². The van der Waals surface area contributed by atoms with E-state index < -0.39 is 55.8 Å². The Hall–Kier alpha value is -4.92. The number of allylic oxidation sites excluding steroid dienone is 1. The van der Waals surface area contributed by atoms with Crippen LogP contribution in [0.2, 0.25) is 0 Å². The first-order valence-electron chi connectivity index (χ1n) is 13.7. The summed E-state index contributed by atoms with van der Waals surface area (Å²) in [5.41, 5.74) is -5.80. The normalized spacial score (nSPS) is 20.3. The van der Waals surface area contributed by atoms with Gasteiger partial charge in [-0.15, -0.1) is 0 Å². The zero-order valence-corrected chi connectivity index (χ0v) is 24.9. The molecule has 242 valence electrons. The van der Waals surface area contributed by atoms with Gasteiger partial charge in [-0.3, -0.25) is 9.59 Å². The Morgan fingerprint density at radius 3 is 2.24 bits per heavy atom. The van der Waals surface area contributed by atoms with E-state index in [0.29, 0.717) is 12.5 Å². The van der Waals surface area contributed by atoms with E-state index in [1.165, 1.54) is 44.6 Å². The third-order valence-corrected chi connectivity index (χ3v) is 9.54. The largest absolute Gasteiger partial charge is 0.501 e. The summed E-state index contributed by atoms with van der Waals surface area (Å²) < 4.78 is 88.5. The molecule has 15 heteroatoms. The SMILES string of the molecule is COc1cc(-c2cc(C(=O)NC3C4C=CC(C4)C3C(=O)Nc3cccc(S(=O)(=O)C(F)(F)F)c3)c(OC)cc2F)ccc1C(=O)O. The van der Waals surface area contributed by atoms with Crippen molar-refractivity contribution in [3.63, 3.8) is 0 Å². The maximum absolute atomic E-state index is 15.2. The summed E-state index contributed by atoms with van der Waals surface area (Å²) in [4.78, 5) is 37.5. The third-order valence-electron chi connectivity index (χ3n) is 8.05. The van der Waals surface area contributed by atoms with Crippen molar-refractivity contribution >= 4 is 33.3 Å². The molecule has 5 rings (SSSR count). The fraction of sp³-hybridized carbons (Fsp3) is 0.258. The van der Waals surface area contributed by atoms with Crippen LogP contribution in [0.1, 0.15) is 27.1 Å². The van der Waals surface area contributed by atoms with E-state index in [-0.39, 0.29) is 51.3 Å². The number of sulfone groups is 1. The first kappa shape index (κ1) is 32.5. The van der Waals surface area contributed by atoms with Crippen molar-refractivity contribution in [2.75, 3.05) is 19.5 Å².